The molecule has 142 valence electrons. The molecule has 27 heavy (non-hydrogen) atoms. The van der Waals surface area contributed by atoms with Gasteiger partial charge in [0.15, 0.2) is 0 Å². The number of anilines is 1. The van der Waals surface area contributed by atoms with Gasteiger partial charge in [0.2, 0.25) is 11.8 Å². The van der Waals surface area contributed by atoms with E-state index in [9.17, 15) is 9.59 Å². The Hall–Kier alpha value is -2.89. The van der Waals surface area contributed by atoms with E-state index in [-0.39, 0.29) is 24.3 Å². The van der Waals surface area contributed by atoms with Crippen LogP contribution in [0.4, 0.5) is 5.69 Å². The highest BCUT2D eigenvalue weighted by Gasteiger charge is 2.37. The van der Waals surface area contributed by atoms with E-state index in [0.717, 1.165) is 18.5 Å². The normalized spacial score (nSPS) is 14.3. The molecule has 1 N–H and O–H groups in total. The lowest BCUT2D eigenvalue weighted by Gasteiger charge is -2.28. The molecule has 1 aliphatic carbocycles. The Bertz CT molecular complexity index is 790. The molecule has 2 aromatic rings. The number of nitrogens with one attached hydrogen (secondary N) is 1. The molecule has 6 heteroatoms. The van der Waals surface area contributed by atoms with Gasteiger partial charge < -0.3 is 15.0 Å². The number of carbonyl (C=O) groups is 2. The van der Waals surface area contributed by atoms with E-state index >= 15 is 0 Å². The lowest BCUT2D eigenvalue weighted by Crippen LogP contribution is -2.35. The fourth-order valence-electron chi connectivity index (χ4n) is 3.18. The summed E-state index contributed by atoms with van der Waals surface area (Å²) in [6.45, 7) is 2.38. The molecule has 0 aliphatic heterocycles. The number of rotatable bonds is 8. The second-order valence-corrected chi connectivity index (χ2v) is 6.70. The lowest BCUT2D eigenvalue weighted by molar-refractivity contribution is -0.135. The van der Waals surface area contributed by atoms with E-state index in [1.165, 1.54) is 0 Å². The first kappa shape index (κ1) is 18.9. The van der Waals surface area contributed by atoms with Gasteiger partial charge in [0.25, 0.3) is 0 Å². The number of aromatic nitrogens is 1. The van der Waals surface area contributed by atoms with Crippen molar-refractivity contribution in [2.45, 2.75) is 32.2 Å². The van der Waals surface area contributed by atoms with Gasteiger partial charge >= 0.3 is 0 Å². The number of amides is 2. The summed E-state index contributed by atoms with van der Waals surface area (Å²) in [6, 6.07) is 12.8. The van der Waals surface area contributed by atoms with Crippen molar-refractivity contribution in [3.05, 3.63) is 54.4 Å². The zero-order valence-corrected chi connectivity index (χ0v) is 15.7. The number of benzene rings is 1. The van der Waals surface area contributed by atoms with Crippen molar-refractivity contribution >= 4 is 17.5 Å². The molecule has 6 nitrogen and oxygen atoms in total. The molecule has 1 fully saturated rings. The average molecular weight is 367 g/mol. The van der Waals surface area contributed by atoms with Crippen LogP contribution in [0.5, 0.6) is 5.75 Å². The largest absolute Gasteiger partial charge is 0.492 e. The summed E-state index contributed by atoms with van der Waals surface area (Å²) in [4.78, 5) is 31.2. The molecule has 2 amide bonds. The molecule has 0 spiro atoms. The Morgan fingerprint density at radius 1 is 1.22 bits per heavy atom. The Kier molecular flexibility index (Phi) is 6.06. The van der Waals surface area contributed by atoms with Crippen LogP contribution < -0.4 is 10.1 Å². The summed E-state index contributed by atoms with van der Waals surface area (Å²) in [5.41, 5.74) is 1.45. The summed E-state index contributed by atoms with van der Waals surface area (Å²) in [5.74, 6) is 0.438. The number of hydrogen-bond acceptors (Lipinski definition) is 4. The highest BCUT2D eigenvalue weighted by atomic mass is 16.5. The third kappa shape index (κ3) is 4.84. The monoisotopic (exact) mass is 367 g/mol. The quantitative estimate of drug-likeness (QED) is 0.726. The molecule has 1 heterocycles. The summed E-state index contributed by atoms with van der Waals surface area (Å²) < 4.78 is 5.51. The molecule has 3 rings (SSSR count). The van der Waals surface area contributed by atoms with Crippen LogP contribution in [0.25, 0.3) is 0 Å². The Morgan fingerprint density at radius 3 is 2.63 bits per heavy atom. The van der Waals surface area contributed by atoms with Crippen LogP contribution in [0.3, 0.4) is 0 Å². The molecular weight excluding hydrogens is 342 g/mol. The minimum atomic E-state index is -0.352. The summed E-state index contributed by atoms with van der Waals surface area (Å²) in [5, 5.41) is 2.78. The number of hydrogen-bond donors (Lipinski definition) is 1. The van der Waals surface area contributed by atoms with Crippen LogP contribution in [0.1, 0.15) is 37.9 Å². The number of ether oxygens (including phenoxy) is 1. The first-order chi connectivity index (χ1) is 13.1. The first-order valence-electron chi connectivity index (χ1n) is 9.28. The predicted octanol–water partition coefficient (Wildman–Crippen LogP) is 3.42. The molecule has 1 aromatic carbocycles. The molecule has 1 aromatic heterocycles. The molecule has 1 saturated carbocycles. The maximum atomic E-state index is 12.7. The maximum absolute atomic E-state index is 12.7. The molecule has 0 unspecified atom stereocenters. The molecule has 0 bridgehead atoms. The Labute approximate surface area is 159 Å². The van der Waals surface area contributed by atoms with Crippen molar-refractivity contribution in [3.8, 4) is 5.75 Å². The third-order valence-electron chi connectivity index (χ3n) is 4.64. The van der Waals surface area contributed by atoms with Gasteiger partial charge in [-0.25, -0.2) is 0 Å². The van der Waals surface area contributed by atoms with Crippen LogP contribution in [-0.2, 0) is 9.59 Å². The van der Waals surface area contributed by atoms with Crippen LogP contribution in [0.15, 0.2) is 48.7 Å². The zero-order chi connectivity index (χ0) is 19.2. The number of para-hydroxylation sites is 2. The molecular formula is C21H25N3O3. The van der Waals surface area contributed by atoms with Gasteiger partial charge in [-0.2, -0.15) is 0 Å². The van der Waals surface area contributed by atoms with Gasteiger partial charge in [-0.1, -0.05) is 18.2 Å². The fraction of sp³-hybridized carbons (Fsp3) is 0.381. The Morgan fingerprint density at radius 2 is 1.96 bits per heavy atom. The summed E-state index contributed by atoms with van der Waals surface area (Å²) in [7, 11) is 1.75. The average Bonchev–Trinajstić information content (AvgIpc) is 3.49. The molecule has 1 atom stereocenters. The van der Waals surface area contributed by atoms with Crippen LogP contribution >= 0.6 is 0 Å². The van der Waals surface area contributed by atoms with Gasteiger partial charge in [-0.3, -0.25) is 14.6 Å². The number of pyridine rings is 1. The second-order valence-electron chi connectivity index (χ2n) is 6.70. The van der Waals surface area contributed by atoms with Gasteiger partial charge in [-0.15, -0.1) is 0 Å². The zero-order valence-electron chi connectivity index (χ0n) is 15.7. The first-order valence-corrected chi connectivity index (χ1v) is 9.28. The van der Waals surface area contributed by atoms with E-state index in [4.69, 9.17) is 4.74 Å². The van der Waals surface area contributed by atoms with Crippen molar-refractivity contribution in [3.63, 3.8) is 0 Å². The smallest absolute Gasteiger partial charge is 0.233 e. The van der Waals surface area contributed by atoms with Gasteiger partial charge in [0, 0.05) is 13.2 Å². The van der Waals surface area contributed by atoms with Gasteiger partial charge in [-0.05, 0) is 49.9 Å². The van der Waals surface area contributed by atoms with E-state index in [1.807, 2.05) is 37.3 Å². The number of carbonyl (C=O) groups excluding carboxylic acids is 2. The summed E-state index contributed by atoms with van der Waals surface area (Å²) in [6.07, 6.45) is 3.67. The summed E-state index contributed by atoms with van der Waals surface area (Å²) >= 11 is 0. The topological polar surface area (TPSA) is 71.5 Å². The van der Waals surface area contributed by atoms with Crippen LogP contribution in [0, 0.1) is 5.92 Å². The van der Waals surface area contributed by atoms with E-state index in [0.29, 0.717) is 24.0 Å². The second kappa shape index (κ2) is 8.66. The highest BCUT2D eigenvalue weighted by Crippen LogP contribution is 2.43. The van der Waals surface area contributed by atoms with Gasteiger partial charge in [0.1, 0.15) is 12.2 Å². The van der Waals surface area contributed by atoms with Crippen molar-refractivity contribution in [1.29, 1.82) is 0 Å². The van der Waals surface area contributed by atoms with Crippen molar-refractivity contribution in [1.82, 2.24) is 9.88 Å². The fourth-order valence-corrected chi connectivity index (χ4v) is 3.18. The van der Waals surface area contributed by atoms with Crippen molar-refractivity contribution in [2.24, 2.45) is 5.92 Å². The van der Waals surface area contributed by atoms with E-state index in [2.05, 4.69) is 10.3 Å². The Balaban J connectivity index is 1.64. The predicted molar refractivity (Wildman–Crippen MR) is 103 cm³/mol. The molecule has 1 aliphatic rings. The van der Waals surface area contributed by atoms with Crippen molar-refractivity contribution < 1.29 is 14.3 Å². The highest BCUT2D eigenvalue weighted by molar-refractivity contribution is 6.04. The van der Waals surface area contributed by atoms with E-state index in [1.54, 1.807) is 30.3 Å². The molecule has 0 radical (unpaired) electrons. The maximum Gasteiger partial charge on any atom is 0.233 e. The van der Waals surface area contributed by atoms with Crippen LogP contribution in [0.2, 0.25) is 0 Å². The SMILES string of the molecule is CCOc1ccccc1NC(=O)CC(=O)N(C)[C@@H](c1ccccn1)C1CC1. The standard InChI is InChI=1S/C21H25N3O3/c1-3-27-18-10-5-4-8-16(18)23-19(25)14-20(26)24(2)21(15-11-12-15)17-9-6-7-13-22-17/h4-10,13,15,21H,3,11-12,14H2,1-2H3,(H,23,25)/t21-/m1/s1. The van der Waals surface area contributed by atoms with E-state index < -0.39 is 0 Å². The number of nitrogens with zero attached hydrogens (tertiary/aromatic N) is 2. The van der Waals surface area contributed by atoms with Gasteiger partial charge in [0.05, 0.1) is 24.0 Å². The third-order valence-corrected chi connectivity index (χ3v) is 4.64. The van der Waals surface area contributed by atoms with Crippen LogP contribution in [-0.4, -0.2) is 35.4 Å². The molecule has 0 saturated heterocycles. The lowest BCUT2D eigenvalue weighted by atomic mass is 10.1. The minimum absolute atomic E-state index is 0.0813. The van der Waals surface area contributed by atoms with Crippen molar-refractivity contribution in [2.75, 3.05) is 19.0 Å². The minimum Gasteiger partial charge on any atom is -0.492 e.